The SMILES string of the molecule is O=Cc1cc(OC2CC2)c(C=O)cn1. The molecule has 0 amide bonds. The predicted octanol–water partition coefficient (Wildman–Crippen LogP) is 1.25. The van der Waals surface area contributed by atoms with E-state index in [2.05, 4.69) is 4.98 Å². The summed E-state index contributed by atoms with van der Waals surface area (Å²) in [5.41, 5.74) is 0.675. The molecule has 4 heteroatoms. The van der Waals surface area contributed by atoms with E-state index < -0.39 is 0 Å². The lowest BCUT2D eigenvalue weighted by Gasteiger charge is -2.06. The number of pyridine rings is 1. The van der Waals surface area contributed by atoms with Crippen LogP contribution in [-0.2, 0) is 0 Å². The smallest absolute Gasteiger partial charge is 0.168 e. The van der Waals surface area contributed by atoms with Gasteiger partial charge in [-0.3, -0.25) is 14.6 Å². The number of carbonyl (C=O) groups excluding carboxylic acids is 2. The number of rotatable bonds is 4. The van der Waals surface area contributed by atoms with E-state index in [4.69, 9.17) is 4.74 Å². The molecule has 0 N–H and O–H groups in total. The molecule has 1 aromatic heterocycles. The van der Waals surface area contributed by atoms with E-state index in [0.717, 1.165) is 12.8 Å². The third-order valence-electron chi connectivity index (χ3n) is 1.98. The highest BCUT2D eigenvalue weighted by Crippen LogP contribution is 2.28. The van der Waals surface area contributed by atoms with Crippen LogP contribution in [0.4, 0.5) is 0 Å². The van der Waals surface area contributed by atoms with E-state index in [1.54, 1.807) is 0 Å². The fraction of sp³-hybridized carbons (Fsp3) is 0.300. The first-order chi connectivity index (χ1) is 6.83. The molecule has 4 nitrogen and oxygen atoms in total. The Morgan fingerprint density at radius 1 is 1.36 bits per heavy atom. The van der Waals surface area contributed by atoms with Crippen molar-refractivity contribution in [3.63, 3.8) is 0 Å². The quantitative estimate of drug-likeness (QED) is 0.672. The molecule has 0 atom stereocenters. The fourth-order valence-corrected chi connectivity index (χ4v) is 1.08. The lowest BCUT2D eigenvalue weighted by atomic mass is 10.2. The Balaban J connectivity index is 2.30. The van der Waals surface area contributed by atoms with Crippen molar-refractivity contribution in [2.24, 2.45) is 0 Å². The standard InChI is InChI=1S/C10H9NO3/c12-5-7-4-11-8(6-13)3-10(7)14-9-1-2-9/h3-6,9H,1-2H2. The van der Waals surface area contributed by atoms with Gasteiger partial charge in [0.2, 0.25) is 0 Å². The van der Waals surface area contributed by atoms with Crippen LogP contribution in [0.2, 0.25) is 0 Å². The summed E-state index contributed by atoms with van der Waals surface area (Å²) in [7, 11) is 0. The van der Waals surface area contributed by atoms with Crippen LogP contribution in [0.5, 0.6) is 5.75 Å². The lowest BCUT2D eigenvalue weighted by Crippen LogP contribution is -2.01. The summed E-state index contributed by atoms with van der Waals surface area (Å²) in [5.74, 6) is 0.458. The number of hydrogen-bond acceptors (Lipinski definition) is 4. The van der Waals surface area contributed by atoms with Crippen LogP contribution in [0.15, 0.2) is 12.3 Å². The van der Waals surface area contributed by atoms with E-state index in [9.17, 15) is 9.59 Å². The second-order valence-electron chi connectivity index (χ2n) is 3.20. The van der Waals surface area contributed by atoms with Crippen molar-refractivity contribution >= 4 is 12.6 Å². The van der Waals surface area contributed by atoms with Gasteiger partial charge in [0.25, 0.3) is 0 Å². The first-order valence-electron chi connectivity index (χ1n) is 4.40. The molecule has 1 aliphatic carbocycles. The molecule has 0 unspecified atom stereocenters. The second kappa shape index (κ2) is 3.57. The zero-order chi connectivity index (χ0) is 9.97. The molecule has 1 saturated carbocycles. The summed E-state index contributed by atoms with van der Waals surface area (Å²) in [6.45, 7) is 0. The summed E-state index contributed by atoms with van der Waals surface area (Å²) in [4.78, 5) is 24.9. The van der Waals surface area contributed by atoms with Gasteiger partial charge in [-0.25, -0.2) is 0 Å². The van der Waals surface area contributed by atoms with Crippen molar-refractivity contribution in [1.82, 2.24) is 4.98 Å². The number of hydrogen-bond donors (Lipinski definition) is 0. The Labute approximate surface area is 80.9 Å². The molecule has 0 radical (unpaired) electrons. The van der Waals surface area contributed by atoms with E-state index in [1.165, 1.54) is 12.3 Å². The second-order valence-corrected chi connectivity index (χ2v) is 3.20. The maximum absolute atomic E-state index is 10.6. The van der Waals surface area contributed by atoms with Crippen molar-refractivity contribution in [2.75, 3.05) is 0 Å². The van der Waals surface area contributed by atoms with E-state index in [0.29, 0.717) is 23.9 Å². The Morgan fingerprint density at radius 3 is 2.71 bits per heavy atom. The van der Waals surface area contributed by atoms with Gasteiger partial charge in [0, 0.05) is 12.3 Å². The lowest BCUT2D eigenvalue weighted by molar-refractivity contribution is 0.110. The van der Waals surface area contributed by atoms with Crippen LogP contribution in [-0.4, -0.2) is 23.7 Å². The van der Waals surface area contributed by atoms with Crippen molar-refractivity contribution in [3.8, 4) is 5.75 Å². The van der Waals surface area contributed by atoms with E-state index in [-0.39, 0.29) is 11.8 Å². The van der Waals surface area contributed by atoms with Crippen LogP contribution in [0.1, 0.15) is 33.7 Å². The van der Waals surface area contributed by atoms with Crippen molar-refractivity contribution in [2.45, 2.75) is 18.9 Å². The third-order valence-corrected chi connectivity index (χ3v) is 1.98. The number of carbonyl (C=O) groups is 2. The van der Waals surface area contributed by atoms with Gasteiger partial charge in [-0.2, -0.15) is 0 Å². The van der Waals surface area contributed by atoms with Gasteiger partial charge in [-0.1, -0.05) is 0 Å². The number of aldehydes is 2. The predicted molar refractivity (Wildman–Crippen MR) is 48.7 cm³/mol. The van der Waals surface area contributed by atoms with Gasteiger partial charge in [0.05, 0.1) is 11.7 Å². The molecular formula is C10H9NO3. The van der Waals surface area contributed by atoms with Gasteiger partial charge in [-0.05, 0) is 12.8 Å². The van der Waals surface area contributed by atoms with Crippen LogP contribution in [0.25, 0.3) is 0 Å². The number of ether oxygens (including phenoxy) is 1. The maximum atomic E-state index is 10.6. The largest absolute Gasteiger partial charge is 0.490 e. The van der Waals surface area contributed by atoms with Crippen LogP contribution < -0.4 is 4.74 Å². The molecule has 1 aliphatic rings. The molecule has 1 fully saturated rings. The minimum atomic E-state index is 0.204. The molecule has 2 rings (SSSR count). The van der Waals surface area contributed by atoms with Gasteiger partial charge in [0.15, 0.2) is 12.6 Å². The molecule has 0 spiro atoms. The molecule has 72 valence electrons. The number of aromatic nitrogens is 1. The Kier molecular flexibility index (Phi) is 2.26. The molecule has 0 saturated heterocycles. The minimum absolute atomic E-state index is 0.204. The zero-order valence-corrected chi connectivity index (χ0v) is 7.47. The maximum Gasteiger partial charge on any atom is 0.168 e. The molecule has 0 aromatic carbocycles. The van der Waals surface area contributed by atoms with Gasteiger partial charge in [0.1, 0.15) is 11.4 Å². The first-order valence-corrected chi connectivity index (χ1v) is 4.40. The van der Waals surface area contributed by atoms with Gasteiger partial charge >= 0.3 is 0 Å². The molecule has 1 heterocycles. The van der Waals surface area contributed by atoms with Gasteiger partial charge < -0.3 is 4.74 Å². The Hall–Kier alpha value is -1.71. The van der Waals surface area contributed by atoms with Gasteiger partial charge in [-0.15, -0.1) is 0 Å². The molecule has 14 heavy (non-hydrogen) atoms. The normalized spacial score (nSPS) is 14.9. The minimum Gasteiger partial charge on any atom is -0.490 e. The summed E-state index contributed by atoms with van der Waals surface area (Å²) in [6, 6.07) is 1.50. The van der Waals surface area contributed by atoms with Crippen LogP contribution >= 0.6 is 0 Å². The average molecular weight is 191 g/mol. The first kappa shape index (κ1) is 8.87. The monoisotopic (exact) mass is 191 g/mol. The highest BCUT2D eigenvalue weighted by atomic mass is 16.5. The molecular weight excluding hydrogens is 182 g/mol. The van der Waals surface area contributed by atoms with E-state index in [1.807, 2.05) is 0 Å². The van der Waals surface area contributed by atoms with Crippen molar-refractivity contribution in [3.05, 3.63) is 23.5 Å². The van der Waals surface area contributed by atoms with Crippen molar-refractivity contribution in [1.29, 1.82) is 0 Å². The van der Waals surface area contributed by atoms with Crippen molar-refractivity contribution < 1.29 is 14.3 Å². The average Bonchev–Trinajstić information content (AvgIpc) is 3.01. The molecule has 0 bridgehead atoms. The zero-order valence-electron chi connectivity index (χ0n) is 7.47. The van der Waals surface area contributed by atoms with Crippen LogP contribution in [0.3, 0.4) is 0 Å². The summed E-state index contributed by atoms with van der Waals surface area (Å²) >= 11 is 0. The summed E-state index contributed by atoms with van der Waals surface area (Å²) < 4.78 is 5.46. The summed E-state index contributed by atoms with van der Waals surface area (Å²) in [5, 5.41) is 0. The topological polar surface area (TPSA) is 56.3 Å². The fourth-order valence-electron chi connectivity index (χ4n) is 1.08. The Morgan fingerprint density at radius 2 is 2.14 bits per heavy atom. The highest BCUT2D eigenvalue weighted by molar-refractivity contribution is 5.81. The Bertz CT molecular complexity index is 372. The highest BCUT2D eigenvalue weighted by Gasteiger charge is 2.24. The third kappa shape index (κ3) is 1.79. The number of nitrogens with zero attached hydrogens (tertiary/aromatic N) is 1. The summed E-state index contributed by atoms with van der Waals surface area (Å²) in [6.07, 6.45) is 4.89. The van der Waals surface area contributed by atoms with E-state index >= 15 is 0 Å². The van der Waals surface area contributed by atoms with Crippen LogP contribution in [0, 0.1) is 0 Å². The molecule has 1 aromatic rings. The molecule has 0 aliphatic heterocycles.